The fourth-order valence-electron chi connectivity index (χ4n) is 3.16. The number of aliphatic hydroxyl groups excluding tert-OH is 1. The molecule has 0 spiro atoms. The fraction of sp³-hybridized carbons (Fsp3) is 0.474. The van der Waals surface area contributed by atoms with Crippen molar-refractivity contribution in [1.29, 1.82) is 0 Å². The average Bonchev–Trinajstić information content (AvgIpc) is 3.34. The Hall–Kier alpha value is -2.54. The number of anilines is 1. The van der Waals surface area contributed by atoms with Gasteiger partial charge in [0.1, 0.15) is 11.3 Å². The van der Waals surface area contributed by atoms with Crippen LogP contribution in [-0.2, 0) is 0 Å². The molecule has 1 aromatic carbocycles. The zero-order valence-corrected chi connectivity index (χ0v) is 15.3. The largest absolute Gasteiger partial charge is 0.497 e. The van der Waals surface area contributed by atoms with Gasteiger partial charge in [-0.25, -0.2) is 0 Å². The molecular formula is C19H25N3O4. The molecule has 1 aliphatic heterocycles. The molecule has 0 radical (unpaired) electrons. The minimum absolute atomic E-state index is 0.0472. The second-order valence-electron chi connectivity index (χ2n) is 6.44. The van der Waals surface area contributed by atoms with Crippen LogP contribution >= 0.6 is 0 Å². The van der Waals surface area contributed by atoms with Gasteiger partial charge in [-0.15, -0.1) is 0 Å². The molecule has 2 heterocycles. The van der Waals surface area contributed by atoms with Gasteiger partial charge in [0, 0.05) is 38.9 Å². The number of carbonyl (C=O) groups is 1. The summed E-state index contributed by atoms with van der Waals surface area (Å²) in [6, 6.07) is 7.38. The Morgan fingerprint density at radius 1 is 1.31 bits per heavy atom. The summed E-state index contributed by atoms with van der Waals surface area (Å²) < 4.78 is 10.8. The lowest BCUT2D eigenvalue weighted by atomic mass is 10.1. The number of carbonyl (C=O) groups excluding carboxylic acids is 1. The molecule has 26 heavy (non-hydrogen) atoms. The molecule has 0 bridgehead atoms. The number of ether oxygens (including phenoxy) is 1. The van der Waals surface area contributed by atoms with Gasteiger partial charge in [-0.3, -0.25) is 4.79 Å². The van der Waals surface area contributed by atoms with Crippen molar-refractivity contribution in [3.63, 3.8) is 0 Å². The zero-order chi connectivity index (χ0) is 18.5. The zero-order valence-electron chi connectivity index (χ0n) is 15.3. The van der Waals surface area contributed by atoms with Crippen molar-refractivity contribution in [2.24, 2.45) is 0 Å². The number of amides is 1. The molecule has 1 aromatic heterocycles. The topological polar surface area (TPSA) is 79.0 Å². The van der Waals surface area contributed by atoms with Gasteiger partial charge < -0.3 is 24.2 Å². The highest BCUT2D eigenvalue weighted by atomic mass is 16.5. The number of benzene rings is 1. The molecule has 0 unspecified atom stereocenters. The maximum atomic E-state index is 13.1. The first-order valence-corrected chi connectivity index (χ1v) is 8.91. The summed E-state index contributed by atoms with van der Waals surface area (Å²) in [7, 11) is 3.34. The molecule has 0 aliphatic carbocycles. The van der Waals surface area contributed by atoms with Gasteiger partial charge in [0.15, 0.2) is 11.6 Å². The van der Waals surface area contributed by atoms with Crippen LogP contribution in [0.3, 0.4) is 0 Å². The SMILES string of the molecule is COc1ccc(-c2onc(N3CCCC3)c2C(=O)N(C)CCCO)cc1. The van der Waals surface area contributed by atoms with Crippen molar-refractivity contribution in [2.45, 2.75) is 19.3 Å². The standard InChI is InChI=1S/C19H25N3O4/c1-21(10-5-13-23)19(24)16-17(14-6-8-15(25-2)9-7-14)26-20-18(16)22-11-3-4-12-22/h6-9,23H,3-5,10-13H2,1-2H3. The van der Waals surface area contributed by atoms with Gasteiger partial charge >= 0.3 is 0 Å². The first-order chi connectivity index (χ1) is 12.7. The number of nitrogens with zero attached hydrogens (tertiary/aromatic N) is 3. The molecule has 1 N–H and O–H groups in total. The Labute approximate surface area is 153 Å². The van der Waals surface area contributed by atoms with E-state index in [1.165, 1.54) is 0 Å². The van der Waals surface area contributed by atoms with E-state index < -0.39 is 0 Å². The first-order valence-electron chi connectivity index (χ1n) is 8.91. The highest BCUT2D eigenvalue weighted by Crippen LogP contribution is 2.34. The summed E-state index contributed by atoms with van der Waals surface area (Å²) in [5, 5.41) is 13.3. The van der Waals surface area contributed by atoms with E-state index in [-0.39, 0.29) is 12.5 Å². The lowest BCUT2D eigenvalue weighted by Crippen LogP contribution is -2.30. The van der Waals surface area contributed by atoms with E-state index in [1.807, 2.05) is 24.3 Å². The van der Waals surface area contributed by atoms with Crippen molar-refractivity contribution < 1.29 is 19.2 Å². The quantitative estimate of drug-likeness (QED) is 0.818. The summed E-state index contributed by atoms with van der Waals surface area (Å²) in [6.45, 7) is 2.26. The van der Waals surface area contributed by atoms with E-state index in [1.54, 1.807) is 19.1 Å². The lowest BCUT2D eigenvalue weighted by Gasteiger charge is -2.20. The minimum atomic E-state index is -0.146. The van der Waals surface area contributed by atoms with Crippen LogP contribution in [0, 0.1) is 0 Å². The van der Waals surface area contributed by atoms with Crippen LogP contribution in [0.25, 0.3) is 11.3 Å². The number of aliphatic hydroxyl groups is 1. The smallest absolute Gasteiger partial charge is 0.261 e. The van der Waals surface area contributed by atoms with Crippen LogP contribution in [0.15, 0.2) is 28.8 Å². The average molecular weight is 359 g/mol. The number of methoxy groups -OCH3 is 1. The van der Waals surface area contributed by atoms with E-state index >= 15 is 0 Å². The molecule has 1 saturated heterocycles. The van der Waals surface area contributed by atoms with Gasteiger partial charge in [-0.2, -0.15) is 0 Å². The Morgan fingerprint density at radius 3 is 2.62 bits per heavy atom. The third-order valence-electron chi connectivity index (χ3n) is 4.64. The molecular weight excluding hydrogens is 334 g/mol. The molecule has 0 saturated carbocycles. The molecule has 2 aromatic rings. The van der Waals surface area contributed by atoms with Crippen molar-refractivity contribution in [1.82, 2.24) is 10.1 Å². The van der Waals surface area contributed by atoms with Crippen molar-refractivity contribution >= 4 is 11.7 Å². The summed E-state index contributed by atoms with van der Waals surface area (Å²) in [5.74, 6) is 1.66. The monoisotopic (exact) mass is 359 g/mol. The summed E-state index contributed by atoms with van der Waals surface area (Å²) >= 11 is 0. The Morgan fingerprint density at radius 2 is 2.00 bits per heavy atom. The van der Waals surface area contributed by atoms with Gasteiger partial charge in [-0.1, -0.05) is 5.16 Å². The van der Waals surface area contributed by atoms with Crippen molar-refractivity contribution in [3.05, 3.63) is 29.8 Å². The maximum Gasteiger partial charge on any atom is 0.261 e. The number of hydrogen-bond acceptors (Lipinski definition) is 6. The van der Waals surface area contributed by atoms with Crippen LogP contribution < -0.4 is 9.64 Å². The highest BCUT2D eigenvalue weighted by molar-refractivity contribution is 6.04. The van der Waals surface area contributed by atoms with Crippen LogP contribution in [0.2, 0.25) is 0 Å². The van der Waals surface area contributed by atoms with Crippen LogP contribution in [0.5, 0.6) is 5.75 Å². The van der Waals surface area contributed by atoms with E-state index in [4.69, 9.17) is 14.4 Å². The van der Waals surface area contributed by atoms with E-state index in [0.717, 1.165) is 37.2 Å². The summed E-state index contributed by atoms with van der Waals surface area (Å²) in [6.07, 6.45) is 2.70. The Balaban J connectivity index is 1.99. The Kier molecular flexibility index (Phi) is 5.78. The van der Waals surface area contributed by atoms with E-state index in [0.29, 0.717) is 30.1 Å². The normalized spacial score (nSPS) is 13.9. The van der Waals surface area contributed by atoms with Gasteiger partial charge in [-0.05, 0) is 43.5 Å². The second-order valence-corrected chi connectivity index (χ2v) is 6.44. The van der Waals surface area contributed by atoms with Gasteiger partial charge in [0.25, 0.3) is 5.91 Å². The van der Waals surface area contributed by atoms with Crippen LogP contribution in [0.1, 0.15) is 29.6 Å². The van der Waals surface area contributed by atoms with Gasteiger partial charge in [0.2, 0.25) is 0 Å². The van der Waals surface area contributed by atoms with Crippen LogP contribution in [0.4, 0.5) is 5.82 Å². The van der Waals surface area contributed by atoms with E-state index in [9.17, 15) is 4.79 Å². The number of hydrogen-bond donors (Lipinski definition) is 1. The minimum Gasteiger partial charge on any atom is -0.497 e. The first kappa shape index (κ1) is 18.3. The third-order valence-corrected chi connectivity index (χ3v) is 4.64. The highest BCUT2D eigenvalue weighted by Gasteiger charge is 2.30. The number of aromatic nitrogens is 1. The molecule has 3 rings (SSSR count). The predicted molar refractivity (Wildman–Crippen MR) is 98.6 cm³/mol. The second kappa shape index (κ2) is 8.23. The van der Waals surface area contributed by atoms with Crippen molar-refractivity contribution in [3.8, 4) is 17.1 Å². The predicted octanol–water partition coefficient (Wildman–Crippen LogP) is 2.40. The molecule has 1 aliphatic rings. The number of rotatable bonds is 7. The van der Waals surface area contributed by atoms with E-state index in [2.05, 4.69) is 10.1 Å². The molecule has 7 heteroatoms. The molecule has 7 nitrogen and oxygen atoms in total. The van der Waals surface area contributed by atoms with Crippen LogP contribution in [-0.4, -0.2) is 61.5 Å². The maximum absolute atomic E-state index is 13.1. The summed E-state index contributed by atoms with van der Waals surface area (Å²) in [4.78, 5) is 16.8. The third kappa shape index (κ3) is 3.67. The molecule has 1 amide bonds. The molecule has 0 atom stereocenters. The molecule has 1 fully saturated rings. The molecule has 140 valence electrons. The Bertz CT molecular complexity index is 736. The van der Waals surface area contributed by atoms with Crippen molar-refractivity contribution in [2.75, 3.05) is 45.3 Å². The van der Waals surface area contributed by atoms with Gasteiger partial charge in [0.05, 0.1) is 7.11 Å². The lowest BCUT2D eigenvalue weighted by molar-refractivity contribution is 0.0787. The summed E-state index contributed by atoms with van der Waals surface area (Å²) in [5.41, 5.74) is 1.26. The fourth-order valence-corrected chi connectivity index (χ4v) is 3.16.